The van der Waals surface area contributed by atoms with Gasteiger partial charge in [0.2, 0.25) is 0 Å². The van der Waals surface area contributed by atoms with Crippen molar-refractivity contribution in [2.24, 2.45) is 5.92 Å². The Morgan fingerprint density at radius 2 is 1.59 bits per heavy atom. The molecular formula is C21H30N6. The molecule has 0 spiro atoms. The first-order valence-corrected chi connectivity index (χ1v) is 10.0. The number of piperidine rings is 1. The van der Waals surface area contributed by atoms with Crippen LogP contribution < -0.4 is 15.1 Å². The predicted octanol–water partition coefficient (Wildman–Crippen LogP) is 3.21. The largest absolute Gasteiger partial charge is 0.369 e. The van der Waals surface area contributed by atoms with Crippen LogP contribution in [0.4, 0.5) is 23.0 Å². The van der Waals surface area contributed by atoms with E-state index in [2.05, 4.69) is 74.3 Å². The van der Waals surface area contributed by atoms with Crippen LogP contribution in [0.2, 0.25) is 0 Å². The van der Waals surface area contributed by atoms with E-state index in [0.717, 1.165) is 62.5 Å². The quantitative estimate of drug-likeness (QED) is 0.897. The molecule has 0 bridgehead atoms. The van der Waals surface area contributed by atoms with Gasteiger partial charge >= 0.3 is 0 Å². The molecule has 1 aromatic heterocycles. The molecule has 0 aliphatic carbocycles. The summed E-state index contributed by atoms with van der Waals surface area (Å²) in [4.78, 5) is 16.1. The number of likely N-dealkylation sites (N-methyl/N-ethyl adjacent to an activating group) is 1. The van der Waals surface area contributed by atoms with Crippen molar-refractivity contribution in [3.63, 3.8) is 0 Å². The highest BCUT2D eigenvalue weighted by Gasteiger charge is 2.17. The number of nitrogens with zero attached hydrogens (tertiary/aromatic N) is 5. The molecule has 2 saturated heterocycles. The van der Waals surface area contributed by atoms with Gasteiger partial charge < -0.3 is 20.0 Å². The molecule has 3 heterocycles. The number of aromatic nitrogens is 2. The van der Waals surface area contributed by atoms with Gasteiger partial charge in [-0.1, -0.05) is 6.92 Å². The maximum atomic E-state index is 4.48. The average Bonchev–Trinajstić information content (AvgIpc) is 2.70. The van der Waals surface area contributed by atoms with Crippen LogP contribution in [0.25, 0.3) is 0 Å². The zero-order valence-electron chi connectivity index (χ0n) is 16.4. The summed E-state index contributed by atoms with van der Waals surface area (Å²) in [6.07, 6.45) is 4.13. The summed E-state index contributed by atoms with van der Waals surface area (Å²) < 4.78 is 0. The Morgan fingerprint density at radius 1 is 0.889 bits per heavy atom. The number of benzene rings is 1. The molecule has 2 aliphatic heterocycles. The fourth-order valence-electron chi connectivity index (χ4n) is 3.79. The number of rotatable bonds is 4. The van der Waals surface area contributed by atoms with Crippen LogP contribution in [0.15, 0.2) is 36.7 Å². The highest BCUT2D eigenvalue weighted by Crippen LogP contribution is 2.25. The topological polar surface area (TPSA) is 47.5 Å². The normalized spacial score (nSPS) is 19.3. The standard InChI is InChI=1S/C21H30N6/c1-17-7-9-27(10-8-17)21-15-20(22-16-23-21)24-18-3-5-19(6-4-18)26-13-11-25(2)12-14-26/h3-6,15-17H,7-14H2,1-2H3,(H,22,23,24). The number of hydrogen-bond donors (Lipinski definition) is 1. The molecule has 6 nitrogen and oxygen atoms in total. The maximum Gasteiger partial charge on any atom is 0.135 e. The summed E-state index contributed by atoms with van der Waals surface area (Å²) in [5, 5.41) is 3.42. The molecule has 6 heteroatoms. The lowest BCUT2D eigenvalue weighted by Gasteiger charge is -2.34. The van der Waals surface area contributed by atoms with Gasteiger partial charge in [-0.15, -0.1) is 0 Å². The highest BCUT2D eigenvalue weighted by atomic mass is 15.2. The summed E-state index contributed by atoms with van der Waals surface area (Å²) in [5.41, 5.74) is 2.35. The number of anilines is 4. The third-order valence-corrected chi connectivity index (χ3v) is 5.77. The predicted molar refractivity (Wildman–Crippen MR) is 112 cm³/mol. The van der Waals surface area contributed by atoms with E-state index in [4.69, 9.17) is 0 Å². The molecule has 2 aromatic rings. The lowest BCUT2D eigenvalue weighted by molar-refractivity contribution is 0.313. The van der Waals surface area contributed by atoms with Crippen LogP contribution in [-0.4, -0.2) is 61.2 Å². The molecule has 1 N–H and O–H groups in total. The Morgan fingerprint density at radius 3 is 2.30 bits per heavy atom. The second-order valence-electron chi connectivity index (χ2n) is 7.89. The first kappa shape index (κ1) is 18.0. The first-order chi connectivity index (χ1) is 13.2. The zero-order valence-corrected chi connectivity index (χ0v) is 16.4. The van der Waals surface area contributed by atoms with Crippen LogP contribution in [-0.2, 0) is 0 Å². The molecule has 144 valence electrons. The fourth-order valence-corrected chi connectivity index (χ4v) is 3.79. The highest BCUT2D eigenvalue weighted by molar-refractivity contribution is 5.62. The van der Waals surface area contributed by atoms with Gasteiger partial charge in [-0.2, -0.15) is 0 Å². The smallest absolute Gasteiger partial charge is 0.135 e. The van der Waals surface area contributed by atoms with Crippen LogP contribution in [0, 0.1) is 5.92 Å². The van der Waals surface area contributed by atoms with Gasteiger partial charge in [0.25, 0.3) is 0 Å². The number of nitrogens with one attached hydrogen (secondary N) is 1. The van der Waals surface area contributed by atoms with Crippen LogP contribution in [0.1, 0.15) is 19.8 Å². The third kappa shape index (κ3) is 4.50. The summed E-state index contributed by atoms with van der Waals surface area (Å²) in [6, 6.07) is 10.7. The Bertz CT molecular complexity index is 731. The molecule has 1 aromatic carbocycles. The Balaban J connectivity index is 1.39. The molecule has 0 saturated carbocycles. The van der Waals surface area contributed by atoms with Gasteiger partial charge in [-0.25, -0.2) is 9.97 Å². The van der Waals surface area contributed by atoms with Gasteiger partial charge in [0, 0.05) is 56.7 Å². The molecule has 0 radical (unpaired) electrons. The minimum absolute atomic E-state index is 0.819. The molecule has 0 atom stereocenters. The van der Waals surface area contributed by atoms with Crippen molar-refractivity contribution in [3.05, 3.63) is 36.7 Å². The summed E-state index contributed by atoms with van der Waals surface area (Å²) in [6.45, 7) is 8.92. The lowest BCUT2D eigenvalue weighted by Crippen LogP contribution is -2.44. The van der Waals surface area contributed by atoms with Crippen molar-refractivity contribution >= 4 is 23.0 Å². The van der Waals surface area contributed by atoms with E-state index in [1.807, 2.05) is 0 Å². The van der Waals surface area contributed by atoms with E-state index < -0.39 is 0 Å². The maximum absolute atomic E-state index is 4.48. The van der Waals surface area contributed by atoms with Crippen LogP contribution in [0.5, 0.6) is 0 Å². The molecule has 4 rings (SSSR count). The van der Waals surface area contributed by atoms with E-state index >= 15 is 0 Å². The summed E-state index contributed by atoms with van der Waals surface area (Å²) in [5.74, 6) is 2.69. The fraction of sp³-hybridized carbons (Fsp3) is 0.524. The summed E-state index contributed by atoms with van der Waals surface area (Å²) in [7, 11) is 2.19. The van der Waals surface area contributed by atoms with E-state index in [9.17, 15) is 0 Å². The van der Waals surface area contributed by atoms with Crippen molar-refractivity contribution in [2.45, 2.75) is 19.8 Å². The van der Waals surface area contributed by atoms with Crippen molar-refractivity contribution in [1.29, 1.82) is 0 Å². The van der Waals surface area contributed by atoms with E-state index in [-0.39, 0.29) is 0 Å². The molecule has 0 unspecified atom stereocenters. The van der Waals surface area contributed by atoms with Gasteiger partial charge in [0.05, 0.1) is 0 Å². The minimum Gasteiger partial charge on any atom is -0.369 e. The second-order valence-corrected chi connectivity index (χ2v) is 7.89. The van der Waals surface area contributed by atoms with Crippen LogP contribution >= 0.6 is 0 Å². The van der Waals surface area contributed by atoms with E-state index in [1.54, 1.807) is 6.33 Å². The van der Waals surface area contributed by atoms with Gasteiger partial charge in [0.15, 0.2) is 0 Å². The average molecular weight is 367 g/mol. The van der Waals surface area contributed by atoms with Crippen molar-refractivity contribution in [1.82, 2.24) is 14.9 Å². The van der Waals surface area contributed by atoms with Crippen molar-refractivity contribution < 1.29 is 0 Å². The van der Waals surface area contributed by atoms with Gasteiger partial charge in [-0.3, -0.25) is 0 Å². The van der Waals surface area contributed by atoms with Crippen molar-refractivity contribution in [3.8, 4) is 0 Å². The Kier molecular flexibility index (Phi) is 5.43. The van der Waals surface area contributed by atoms with Gasteiger partial charge in [0.1, 0.15) is 18.0 Å². The van der Waals surface area contributed by atoms with Crippen molar-refractivity contribution in [2.75, 3.05) is 61.4 Å². The number of piperazine rings is 1. The monoisotopic (exact) mass is 366 g/mol. The zero-order chi connectivity index (χ0) is 18.6. The van der Waals surface area contributed by atoms with Crippen LogP contribution in [0.3, 0.4) is 0 Å². The second kappa shape index (κ2) is 8.13. The van der Waals surface area contributed by atoms with E-state index in [1.165, 1.54) is 18.5 Å². The molecule has 2 aliphatic rings. The SMILES string of the molecule is CC1CCN(c2cc(Nc3ccc(N4CCN(C)CC4)cc3)ncn2)CC1. The van der Waals surface area contributed by atoms with Gasteiger partial charge in [-0.05, 0) is 50.1 Å². The first-order valence-electron chi connectivity index (χ1n) is 10.0. The van der Waals surface area contributed by atoms with E-state index in [0.29, 0.717) is 0 Å². The molecule has 2 fully saturated rings. The lowest BCUT2D eigenvalue weighted by atomic mass is 9.99. The molecule has 27 heavy (non-hydrogen) atoms. The molecular weight excluding hydrogens is 336 g/mol. The minimum atomic E-state index is 0.819. The molecule has 0 amide bonds. The Labute approximate surface area is 162 Å². The Hall–Kier alpha value is -2.34. The number of hydrogen-bond acceptors (Lipinski definition) is 6. The third-order valence-electron chi connectivity index (χ3n) is 5.77. The summed E-state index contributed by atoms with van der Waals surface area (Å²) >= 11 is 0.